The number of carbonyl (C=O) groups excluding carboxylic acids is 2. The molecular formula is C12H22CaO7S. The second kappa shape index (κ2) is 12.4. The molecule has 0 aliphatic rings. The zero-order valence-corrected chi connectivity index (χ0v) is 15.3. The van der Waals surface area contributed by atoms with Crippen molar-refractivity contribution < 1.29 is 34.9 Å². The fourth-order valence-corrected chi connectivity index (χ4v) is 1.64. The first-order valence-corrected chi connectivity index (χ1v) is 7.82. The number of hydrogen-bond donors (Lipinski definition) is 1. The molecule has 0 aromatic carbocycles. The molecule has 1 N–H and O–H groups in total. The van der Waals surface area contributed by atoms with Gasteiger partial charge in [0.15, 0.2) is 0 Å². The van der Waals surface area contributed by atoms with Crippen LogP contribution in [0.5, 0.6) is 0 Å². The minimum absolute atomic E-state index is 0. The molecule has 9 heteroatoms. The van der Waals surface area contributed by atoms with Gasteiger partial charge in [-0.05, 0) is 13.3 Å². The minimum atomic E-state index is -4.16. The summed E-state index contributed by atoms with van der Waals surface area (Å²) in [5, 5.41) is 0. The largest absolute Gasteiger partial charge is 2.00 e. The van der Waals surface area contributed by atoms with E-state index in [-0.39, 0.29) is 47.2 Å². The van der Waals surface area contributed by atoms with E-state index in [4.69, 9.17) is 14.0 Å². The number of allylic oxidation sites excluding steroid dienone is 1. The number of carbonyl (C=O) groups is 2. The van der Waals surface area contributed by atoms with E-state index in [9.17, 15) is 18.0 Å². The Labute approximate surface area is 157 Å². The molecule has 0 saturated heterocycles. The van der Waals surface area contributed by atoms with Crippen LogP contribution in [0.15, 0.2) is 12.2 Å². The number of hydrogen-bond acceptors (Lipinski definition) is 6. The number of ether oxygens (including phenoxy) is 2. The summed E-state index contributed by atoms with van der Waals surface area (Å²) in [4.78, 5) is 22.8. The van der Waals surface area contributed by atoms with Crippen molar-refractivity contribution in [3.8, 4) is 0 Å². The van der Waals surface area contributed by atoms with Gasteiger partial charge in [-0.2, -0.15) is 8.42 Å². The predicted octanol–water partition coefficient (Wildman–Crippen LogP) is 0.797. The van der Waals surface area contributed by atoms with E-state index in [1.165, 1.54) is 12.2 Å². The molecule has 21 heavy (non-hydrogen) atoms. The van der Waals surface area contributed by atoms with Crippen LogP contribution >= 0.6 is 0 Å². The Bertz CT molecular complexity index is 454. The third kappa shape index (κ3) is 13.2. The minimum Gasteiger partial charge on any atom is -1.00 e. The van der Waals surface area contributed by atoms with Crippen molar-refractivity contribution in [2.24, 2.45) is 5.92 Å². The van der Waals surface area contributed by atoms with Crippen LogP contribution in [0.2, 0.25) is 0 Å². The third-order valence-electron chi connectivity index (χ3n) is 2.29. The van der Waals surface area contributed by atoms with Crippen molar-refractivity contribution >= 4 is 59.8 Å². The molecular weight excluding hydrogens is 328 g/mol. The first-order chi connectivity index (χ1) is 9.30. The zero-order chi connectivity index (χ0) is 15.6. The van der Waals surface area contributed by atoms with Gasteiger partial charge in [0.2, 0.25) is 0 Å². The maximum absolute atomic E-state index is 11.7. The van der Waals surface area contributed by atoms with Crippen LogP contribution in [0.4, 0.5) is 0 Å². The van der Waals surface area contributed by atoms with E-state index < -0.39 is 40.3 Å². The molecule has 0 aliphatic carbocycles. The summed E-state index contributed by atoms with van der Waals surface area (Å²) in [6.45, 7) is 2.96. The monoisotopic (exact) mass is 350 g/mol. The van der Waals surface area contributed by atoms with Gasteiger partial charge in [-0.1, -0.05) is 19.4 Å². The predicted molar refractivity (Wildman–Crippen MR) is 79.5 cm³/mol. The molecule has 0 fully saturated rings. The fourth-order valence-electron chi connectivity index (χ4n) is 1.35. The van der Waals surface area contributed by atoms with Crippen molar-refractivity contribution in [2.45, 2.75) is 26.7 Å². The normalized spacial score (nSPS) is 12.5. The summed E-state index contributed by atoms with van der Waals surface area (Å²) in [6, 6.07) is 0. The van der Waals surface area contributed by atoms with Gasteiger partial charge in [-0.15, -0.1) is 0 Å². The Kier molecular flexibility index (Phi) is 13.7. The Balaban J connectivity index is -0.000000602. The van der Waals surface area contributed by atoms with Gasteiger partial charge in [0, 0.05) is 6.08 Å². The maximum atomic E-state index is 11.7. The number of esters is 2. The van der Waals surface area contributed by atoms with E-state index in [0.717, 1.165) is 0 Å². The van der Waals surface area contributed by atoms with Crippen molar-refractivity contribution in [2.75, 3.05) is 19.0 Å². The second-order valence-electron chi connectivity index (χ2n) is 4.07. The molecule has 1 unspecified atom stereocenters. The molecule has 0 aliphatic heterocycles. The average molecular weight is 350 g/mol. The zero-order valence-electron chi connectivity index (χ0n) is 14.3. The first kappa shape index (κ1) is 23.1. The van der Waals surface area contributed by atoms with Gasteiger partial charge in [-0.25, -0.2) is 4.79 Å². The van der Waals surface area contributed by atoms with Crippen LogP contribution in [-0.4, -0.2) is 81.6 Å². The summed E-state index contributed by atoms with van der Waals surface area (Å²) in [7, 11) is -4.16. The first-order valence-electron chi connectivity index (χ1n) is 6.21. The molecule has 0 saturated carbocycles. The Morgan fingerprint density at radius 1 is 1.33 bits per heavy atom. The Hall–Kier alpha value is -0.150. The summed E-state index contributed by atoms with van der Waals surface area (Å²) >= 11 is 0. The quantitative estimate of drug-likeness (QED) is 0.284. The molecule has 120 valence electrons. The molecule has 0 amide bonds. The molecule has 0 rings (SSSR count). The van der Waals surface area contributed by atoms with Crippen molar-refractivity contribution in [3.05, 3.63) is 12.2 Å². The molecule has 0 bridgehead atoms. The smallest absolute Gasteiger partial charge is 1.00 e. The van der Waals surface area contributed by atoms with Gasteiger partial charge in [-0.3, -0.25) is 9.35 Å². The topological polar surface area (TPSA) is 107 Å². The SMILES string of the molecule is CC=CC(=O)OCC(CCC)C(=O)OCCS(=O)(=O)O.[Ca+2].[H-].[H-]. The van der Waals surface area contributed by atoms with Gasteiger partial charge in [0.1, 0.15) is 19.0 Å². The molecule has 0 aromatic heterocycles. The van der Waals surface area contributed by atoms with Crippen molar-refractivity contribution in [1.82, 2.24) is 0 Å². The average Bonchev–Trinajstić information content (AvgIpc) is 2.33. The summed E-state index contributed by atoms with van der Waals surface area (Å²) < 4.78 is 39.1. The van der Waals surface area contributed by atoms with Crippen LogP contribution in [0, 0.1) is 5.92 Å². The molecule has 0 radical (unpaired) electrons. The maximum Gasteiger partial charge on any atom is 2.00 e. The van der Waals surface area contributed by atoms with Crippen LogP contribution in [0.1, 0.15) is 29.5 Å². The van der Waals surface area contributed by atoms with E-state index in [0.29, 0.717) is 12.8 Å². The van der Waals surface area contributed by atoms with Crippen LogP contribution in [0.25, 0.3) is 0 Å². The van der Waals surface area contributed by atoms with E-state index >= 15 is 0 Å². The Morgan fingerprint density at radius 2 is 1.95 bits per heavy atom. The van der Waals surface area contributed by atoms with Gasteiger partial charge >= 0.3 is 49.7 Å². The van der Waals surface area contributed by atoms with Gasteiger partial charge < -0.3 is 12.3 Å². The van der Waals surface area contributed by atoms with Crippen molar-refractivity contribution in [1.29, 1.82) is 0 Å². The molecule has 7 nitrogen and oxygen atoms in total. The van der Waals surface area contributed by atoms with Crippen LogP contribution in [-0.2, 0) is 29.2 Å². The molecule has 0 heterocycles. The summed E-state index contributed by atoms with van der Waals surface area (Å²) in [6.07, 6.45) is 3.88. The third-order valence-corrected chi connectivity index (χ3v) is 2.97. The van der Waals surface area contributed by atoms with Crippen LogP contribution < -0.4 is 0 Å². The van der Waals surface area contributed by atoms with E-state index in [2.05, 4.69) is 0 Å². The molecule has 0 spiro atoms. The van der Waals surface area contributed by atoms with Gasteiger partial charge in [0.05, 0.1) is 5.92 Å². The summed E-state index contributed by atoms with van der Waals surface area (Å²) in [5.74, 6) is -2.51. The number of rotatable bonds is 9. The second-order valence-corrected chi connectivity index (χ2v) is 5.64. The summed E-state index contributed by atoms with van der Waals surface area (Å²) in [5.41, 5.74) is 0. The molecule has 1 atom stereocenters. The Morgan fingerprint density at radius 3 is 2.43 bits per heavy atom. The van der Waals surface area contributed by atoms with Gasteiger partial charge in [0.25, 0.3) is 10.1 Å². The van der Waals surface area contributed by atoms with E-state index in [1.807, 2.05) is 6.92 Å². The van der Waals surface area contributed by atoms with E-state index in [1.54, 1.807) is 6.92 Å². The molecule has 0 aromatic rings. The van der Waals surface area contributed by atoms with Crippen molar-refractivity contribution in [3.63, 3.8) is 0 Å². The van der Waals surface area contributed by atoms with Crippen LogP contribution in [0.3, 0.4) is 0 Å². The standard InChI is InChI=1S/C12H20O7S.Ca.2H/c1-3-5-10(9-19-11(13)6-4-2)12(14)18-7-8-20(15,16)17;;;/h4,6,10H,3,5,7-9H2,1-2H3,(H,15,16,17);;;/q;+2;2*-1. The fraction of sp³-hybridized carbons (Fsp3) is 0.667.